The van der Waals surface area contributed by atoms with Gasteiger partial charge in [0.1, 0.15) is 24.8 Å². The summed E-state index contributed by atoms with van der Waals surface area (Å²) < 4.78 is 6.65. The van der Waals surface area contributed by atoms with Crippen molar-refractivity contribution < 1.29 is 4.74 Å². The van der Waals surface area contributed by atoms with Gasteiger partial charge in [-0.15, -0.1) is 0 Å². The average Bonchev–Trinajstić information content (AvgIpc) is 3.86. The maximum absolute atomic E-state index is 6.65. The second-order valence-corrected chi connectivity index (χ2v) is 14.2. The Morgan fingerprint density at radius 3 is 1.64 bits per heavy atom. The lowest BCUT2D eigenvalue weighted by Crippen LogP contribution is -2.30. The lowest BCUT2D eigenvalue weighted by molar-refractivity contribution is 0.393. The van der Waals surface area contributed by atoms with Gasteiger partial charge in [0.25, 0.3) is 0 Å². The van der Waals surface area contributed by atoms with Crippen molar-refractivity contribution in [2.24, 2.45) is 5.10 Å². The molecule has 56 heavy (non-hydrogen) atoms. The molecule has 0 atom stereocenters. The van der Waals surface area contributed by atoms with Crippen molar-refractivity contribution in [3.63, 3.8) is 0 Å². The minimum atomic E-state index is 0.621. The van der Waals surface area contributed by atoms with E-state index in [9.17, 15) is 0 Å². The zero-order valence-corrected chi connectivity index (χ0v) is 31.0. The number of hydrogen-bond acceptors (Lipinski definition) is 6. The van der Waals surface area contributed by atoms with Crippen LogP contribution in [0.3, 0.4) is 0 Å². The standard InChI is InChI=1S/C50H39N5O/c1-52-34-54(50(51-52)39-21-9-4-10-22-39)41-24-14-26-43(33-41)56-42-25-13-23-40(32-42)53-35-55(49-46-27-12-11-20-38(46)30-31-47(49)53)48-44(36-16-5-2-6-17-36)28-15-29-45(48)37-18-7-3-8-19-37/h2-33H,34-35H2,1H3. The highest BCUT2D eigenvalue weighted by atomic mass is 16.5. The fourth-order valence-electron chi connectivity index (χ4n) is 8.06. The largest absolute Gasteiger partial charge is 0.457 e. The second kappa shape index (κ2) is 14.2. The normalized spacial score (nSPS) is 13.6. The molecule has 0 aliphatic carbocycles. The first-order chi connectivity index (χ1) is 27.7. The van der Waals surface area contributed by atoms with Crippen molar-refractivity contribution in [3.05, 3.63) is 200 Å². The molecule has 6 nitrogen and oxygen atoms in total. The van der Waals surface area contributed by atoms with Crippen LogP contribution in [0.25, 0.3) is 33.0 Å². The van der Waals surface area contributed by atoms with Gasteiger partial charge in [-0.25, -0.2) is 0 Å². The highest BCUT2D eigenvalue weighted by Gasteiger charge is 2.33. The van der Waals surface area contributed by atoms with E-state index in [-0.39, 0.29) is 0 Å². The van der Waals surface area contributed by atoms with Gasteiger partial charge in [0.05, 0.1) is 17.1 Å². The maximum atomic E-state index is 6.65. The van der Waals surface area contributed by atoms with Crippen LogP contribution >= 0.6 is 0 Å². The molecule has 0 aromatic heterocycles. The molecule has 0 bridgehead atoms. The SMILES string of the molecule is CN1CN(c2cccc(Oc3cccc(N4CN(c5c(-c6ccccc6)cccc5-c5ccccc5)c5c4ccc4ccccc54)c3)c2)C(c2ccccc2)=N1. The first-order valence-electron chi connectivity index (χ1n) is 19.0. The van der Waals surface area contributed by atoms with E-state index in [1.807, 2.05) is 48.5 Å². The highest BCUT2D eigenvalue weighted by Crippen LogP contribution is 2.52. The van der Waals surface area contributed by atoms with Crippen LogP contribution in [0.1, 0.15) is 5.56 Å². The minimum Gasteiger partial charge on any atom is -0.457 e. The Morgan fingerprint density at radius 1 is 0.446 bits per heavy atom. The van der Waals surface area contributed by atoms with Crippen LogP contribution in [0, 0.1) is 0 Å². The van der Waals surface area contributed by atoms with Crippen LogP contribution in [0.5, 0.6) is 11.5 Å². The molecule has 0 N–H and O–H groups in total. The summed E-state index contributed by atoms with van der Waals surface area (Å²) in [6, 6.07) is 68.4. The molecule has 0 saturated carbocycles. The number of amidine groups is 1. The van der Waals surface area contributed by atoms with Crippen LogP contribution in [-0.4, -0.2) is 31.2 Å². The Hall–Kier alpha value is -7.31. The van der Waals surface area contributed by atoms with Crippen molar-refractivity contribution >= 4 is 45.0 Å². The monoisotopic (exact) mass is 725 g/mol. The zero-order chi connectivity index (χ0) is 37.4. The molecular formula is C50H39N5O. The number of para-hydroxylation sites is 1. The van der Waals surface area contributed by atoms with Gasteiger partial charge in [0.15, 0.2) is 5.84 Å². The van der Waals surface area contributed by atoms with Crippen LogP contribution in [-0.2, 0) is 0 Å². The summed E-state index contributed by atoms with van der Waals surface area (Å²) in [4.78, 5) is 7.14. The van der Waals surface area contributed by atoms with Crippen LogP contribution in [0.15, 0.2) is 199 Å². The van der Waals surface area contributed by atoms with E-state index in [0.717, 1.165) is 40.0 Å². The molecule has 0 unspecified atom stereocenters. The van der Waals surface area contributed by atoms with Crippen molar-refractivity contribution in [1.82, 2.24) is 5.01 Å². The number of nitrogens with zero attached hydrogens (tertiary/aromatic N) is 5. The Morgan fingerprint density at radius 2 is 1.00 bits per heavy atom. The molecule has 2 aliphatic rings. The van der Waals surface area contributed by atoms with Gasteiger partial charge >= 0.3 is 0 Å². The lowest BCUT2D eigenvalue weighted by atomic mass is 9.94. The predicted octanol–water partition coefficient (Wildman–Crippen LogP) is 12.3. The maximum Gasteiger partial charge on any atom is 0.161 e. The fraction of sp³-hybridized carbons (Fsp3) is 0.0600. The number of anilines is 5. The van der Waals surface area contributed by atoms with E-state index in [4.69, 9.17) is 9.84 Å². The van der Waals surface area contributed by atoms with Gasteiger partial charge in [-0.05, 0) is 46.8 Å². The molecule has 270 valence electrons. The van der Waals surface area contributed by atoms with Gasteiger partial charge < -0.3 is 19.4 Å². The Kier molecular flexibility index (Phi) is 8.41. The minimum absolute atomic E-state index is 0.621. The first-order valence-corrected chi connectivity index (χ1v) is 19.0. The second-order valence-electron chi connectivity index (χ2n) is 14.2. The molecular weight excluding hydrogens is 687 g/mol. The smallest absolute Gasteiger partial charge is 0.161 e. The van der Waals surface area contributed by atoms with Crippen molar-refractivity contribution in [1.29, 1.82) is 0 Å². The van der Waals surface area contributed by atoms with Gasteiger partial charge in [-0.3, -0.25) is 5.01 Å². The summed E-state index contributed by atoms with van der Waals surface area (Å²) in [7, 11) is 2.00. The third-order valence-corrected chi connectivity index (χ3v) is 10.6. The molecule has 2 aliphatic heterocycles. The van der Waals surface area contributed by atoms with E-state index in [2.05, 4.69) is 172 Å². The summed E-state index contributed by atoms with van der Waals surface area (Å²) in [6.07, 6.45) is 0. The Labute approximate surface area is 327 Å². The Bertz CT molecular complexity index is 2660. The third kappa shape index (κ3) is 6.07. The number of hydrazone groups is 1. The number of benzene rings is 8. The third-order valence-electron chi connectivity index (χ3n) is 10.6. The van der Waals surface area contributed by atoms with Crippen molar-refractivity contribution in [3.8, 4) is 33.8 Å². The highest BCUT2D eigenvalue weighted by molar-refractivity contribution is 6.11. The summed E-state index contributed by atoms with van der Waals surface area (Å²) in [5, 5.41) is 9.20. The molecule has 6 heteroatoms. The zero-order valence-electron chi connectivity index (χ0n) is 31.0. The molecule has 0 saturated heterocycles. The molecule has 10 rings (SSSR count). The van der Waals surface area contributed by atoms with E-state index in [0.29, 0.717) is 13.3 Å². The summed E-state index contributed by atoms with van der Waals surface area (Å²) in [6.45, 7) is 1.28. The molecule has 8 aromatic carbocycles. The van der Waals surface area contributed by atoms with Crippen LogP contribution < -0.4 is 19.4 Å². The van der Waals surface area contributed by atoms with Crippen LogP contribution in [0.2, 0.25) is 0 Å². The van der Waals surface area contributed by atoms with E-state index < -0.39 is 0 Å². The van der Waals surface area contributed by atoms with Gasteiger partial charge in [0.2, 0.25) is 0 Å². The summed E-state index contributed by atoms with van der Waals surface area (Å²) >= 11 is 0. The molecule has 0 spiro atoms. The number of hydrogen-bond donors (Lipinski definition) is 0. The van der Waals surface area contributed by atoms with Gasteiger partial charge in [-0.1, -0.05) is 152 Å². The molecule has 0 fully saturated rings. The molecule has 2 heterocycles. The quantitative estimate of drug-likeness (QED) is 0.156. The van der Waals surface area contributed by atoms with Gasteiger partial charge in [-0.2, -0.15) is 5.10 Å². The van der Waals surface area contributed by atoms with E-state index in [1.54, 1.807) is 0 Å². The van der Waals surface area contributed by atoms with Gasteiger partial charge in [0, 0.05) is 52.6 Å². The van der Waals surface area contributed by atoms with E-state index >= 15 is 0 Å². The topological polar surface area (TPSA) is 34.6 Å². The van der Waals surface area contributed by atoms with Crippen molar-refractivity contribution in [2.75, 3.05) is 35.1 Å². The Balaban J connectivity index is 1.04. The predicted molar refractivity (Wildman–Crippen MR) is 231 cm³/mol. The molecule has 0 radical (unpaired) electrons. The first kappa shape index (κ1) is 33.3. The lowest BCUT2D eigenvalue weighted by Gasteiger charge is -2.27. The number of ether oxygens (including phenoxy) is 1. The van der Waals surface area contributed by atoms with E-state index in [1.165, 1.54) is 44.4 Å². The average molecular weight is 726 g/mol. The van der Waals surface area contributed by atoms with Crippen LogP contribution in [0.4, 0.5) is 28.4 Å². The molecule has 8 aromatic rings. The fourth-order valence-corrected chi connectivity index (χ4v) is 8.06. The number of rotatable bonds is 8. The number of fused-ring (bicyclic) bond motifs is 3. The van der Waals surface area contributed by atoms with Crippen molar-refractivity contribution in [2.45, 2.75) is 0 Å². The summed E-state index contributed by atoms with van der Waals surface area (Å²) in [5.41, 5.74) is 11.4. The summed E-state index contributed by atoms with van der Waals surface area (Å²) in [5.74, 6) is 2.45. The molecule has 0 amide bonds.